The van der Waals surface area contributed by atoms with E-state index >= 15 is 0 Å². The van der Waals surface area contributed by atoms with E-state index in [-0.39, 0.29) is 5.56 Å². The van der Waals surface area contributed by atoms with Crippen LogP contribution in [0.2, 0.25) is 0 Å². The Morgan fingerprint density at radius 2 is 2.29 bits per heavy atom. The molecule has 0 aromatic carbocycles. The van der Waals surface area contributed by atoms with Crippen molar-refractivity contribution < 1.29 is 0 Å². The highest BCUT2D eigenvalue weighted by Crippen LogP contribution is 2.20. The summed E-state index contributed by atoms with van der Waals surface area (Å²) in [7, 11) is 0. The second-order valence-electron chi connectivity index (χ2n) is 3.60. The van der Waals surface area contributed by atoms with Crippen LogP contribution in [0.15, 0.2) is 28.0 Å². The molecule has 0 radical (unpaired) electrons. The van der Waals surface area contributed by atoms with Gasteiger partial charge >= 0.3 is 0 Å². The first-order valence-corrected chi connectivity index (χ1v) is 5.52. The summed E-state index contributed by atoms with van der Waals surface area (Å²) >= 11 is 3.30. The van der Waals surface area contributed by atoms with Crippen LogP contribution in [-0.2, 0) is 19.4 Å². The second kappa shape index (κ2) is 3.73. The third-order valence-corrected chi connectivity index (χ3v) is 2.83. The summed E-state index contributed by atoms with van der Waals surface area (Å²) in [4.78, 5) is 11.6. The number of hydrogen-bond acceptors (Lipinski definition) is 1. The molecule has 3 heteroatoms. The van der Waals surface area contributed by atoms with E-state index in [0.29, 0.717) is 6.54 Å². The molecule has 1 aromatic heterocycles. The Morgan fingerprint density at radius 1 is 1.50 bits per heavy atom. The lowest BCUT2D eigenvalue weighted by Crippen LogP contribution is -2.22. The van der Waals surface area contributed by atoms with Crippen LogP contribution in [0.3, 0.4) is 0 Å². The van der Waals surface area contributed by atoms with Crippen LogP contribution >= 0.6 is 15.9 Å². The number of halogens is 1. The molecule has 0 bridgehead atoms. The van der Waals surface area contributed by atoms with E-state index in [1.165, 1.54) is 11.3 Å². The van der Waals surface area contributed by atoms with Gasteiger partial charge in [-0.05, 0) is 24.8 Å². The van der Waals surface area contributed by atoms with Gasteiger partial charge in [-0.1, -0.05) is 28.6 Å². The third kappa shape index (κ3) is 1.69. The number of fused-ring (bicyclic) bond motifs is 1. The number of rotatable bonds is 2. The van der Waals surface area contributed by atoms with E-state index in [2.05, 4.69) is 22.5 Å². The van der Waals surface area contributed by atoms with Crippen LogP contribution < -0.4 is 5.56 Å². The summed E-state index contributed by atoms with van der Waals surface area (Å²) < 4.78 is 2.67. The highest BCUT2D eigenvalue weighted by atomic mass is 79.9. The van der Waals surface area contributed by atoms with E-state index in [1.54, 1.807) is 6.07 Å². The van der Waals surface area contributed by atoms with Gasteiger partial charge in [0.2, 0.25) is 0 Å². The van der Waals surface area contributed by atoms with E-state index in [4.69, 9.17) is 0 Å². The predicted molar refractivity (Wildman–Crippen MR) is 60.8 cm³/mol. The Balaban J connectivity index is 2.51. The van der Waals surface area contributed by atoms with Crippen molar-refractivity contribution in [2.75, 3.05) is 0 Å². The highest BCUT2D eigenvalue weighted by molar-refractivity contribution is 9.11. The molecule has 1 aliphatic carbocycles. The summed E-state index contributed by atoms with van der Waals surface area (Å²) in [5.74, 6) is 0. The molecule has 1 aromatic rings. The highest BCUT2D eigenvalue weighted by Gasteiger charge is 2.15. The number of nitrogens with zero attached hydrogens (tertiary/aromatic N) is 1. The van der Waals surface area contributed by atoms with E-state index in [1.807, 2.05) is 10.6 Å². The molecule has 74 valence electrons. The average Bonchev–Trinajstić information content (AvgIpc) is 2.57. The molecule has 0 fully saturated rings. The molecule has 1 aliphatic rings. The van der Waals surface area contributed by atoms with Crippen molar-refractivity contribution in [1.82, 2.24) is 4.57 Å². The smallest absolute Gasteiger partial charge is 0.251 e. The van der Waals surface area contributed by atoms with Gasteiger partial charge in [-0.3, -0.25) is 4.79 Å². The molecule has 2 nitrogen and oxygen atoms in total. The van der Waals surface area contributed by atoms with Crippen molar-refractivity contribution in [2.24, 2.45) is 0 Å². The maximum atomic E-state index is 11.6. The van der Waals surface area contributed by atoms with Crippen LogP contribution in [0.25, 0.3) is 0 Å². The van der Waals surface area contributed by atoms with Crippen molar-refractivity contribution in [3.63, 3.8) is 0 Å². The first kappa shape index (κ1) is 9.71. The van der Waals surface area contributed by atoms with Crippen LogP contribution in [-0.4, -0.2) is 4.57 Å². The van der Waals surface area contributed by atoms with Crippen LogP contribution in [0, 0.1) is 0 Å². The molecule has 0 amide bonds. The quantitative estimate of drug-likeness (QED) is 0.793. The Morgan fingerprint density at radius 3 is 3.00 bits per heavy atom. The summed E-state index contributed by atoms with van der Waals surface area (Å²) in [6.07, 6.45) is 3.28. The monoisotopic (exact) mass is 253 g/mol. The van der Waals surface area contributed by atoms with E-state index in [9.17, 15) is 4.79 Å². The van der Waals surface area contributed by atoms with Gasteiger partial charge in [0.05, 0.1) is 6.54 Å². The zero-order chi connectivity index (χ0) is 10.1. The number of hydrogen-bond donors (Lipinski definition) is 0. The lowest BCUT2D eigenvalue weighted by atomic mass is 10.2. The molecule has 0 saturated carbocycles. The standard InChI is InChI=1S/C11H12BrNO/c1-8(12)7-13-10-4-2-3-9(10)5-6-11(13)14/h5-6H,1-4,7H2. The zero-order valence-electron chi connectivity index (χ0n) is 7.92. The number of aromatic nitrogens is 1. The van der Waals surface area contributed by atoms with Crippen LogP contribution in [0.1, 0.15) is 17.7 Å². The minimum atomic E-state index is 0.0752. The largest absolute Gasteiger partial charge is 0.307 e. The van der Waals surface area contributed by atoms with E-state index < -0.39 is 0 Å². The predicted octanol–water partition coefficient (Wildman–Crippen LogP) is 2.25. The zero-order valence-corrected chi connectivity index (χ0v) is 9.51. The van der Waals surface area contributed by atoms with Gasteiger partial charge in [-0.25, -0.2) is 0 Å². The molecular formula is C11H12BrNO. The molecule has 0 aliphatic heterocycles. The summed E-state index contributed by atoms with van der Waals surface area (Å²) in [5.41, 5.74) is 2.59. The maximum absolute atomic E-state index is 11.6. The second-order valence-corrected chi connectivity index (χ2v) is 4.72. The SMILES string of the molecule is C=C(Br)Cn1c2c(ccc1=O)CCC2. The van der Waals surface area contributed by atoms with Gasteiger partial charge < -0.3 is 4.57 Å². The Kier molecular flexibility index (Phi) is 2.59. The van der Waals surface area contributed by atoms with E-state index in [0.717, 1.165) is 23.7 Å². The van der Waals surface area contributed by atoms with Crippen molar-refractivity contribution in [2.45, 2.75) is 25.8 Å². The summed E-state index contributed by atoms with van der Waals surface area (Å²) in [6.45, 7) is 4.36. The fourth-order valence-electron chi connectivity index (χ4n) is 1.98. The molecule has 0 atom stereocenters. The fraction of sp³-hybridized carbons (Fsp3) is 0.364. The van der Waals surface area contributed by atoms with Crippen molar-refractivity contribution in [3.8, 4) is 0 Å². The summed E-state index contributed by atoms with van der Waals surface area (Å²) in [5, 5.41) is 0. The Labute approximate surface area is 91.4 Å². The molecular weight excluding hydrogens is 242 g/mol. The van der Waals surface area contributed by atoms with Gasteiger partial charge in [0, 0.05) is 16.2 Å². The fourth-order valence-corrected chi connectivity index (χ4v) is 2.23. The Bertz CT molecular complexity index is 433. The van der Waals surface area contributed by atoms with Crippen molar-refractivity contribution in [3.05, 3.63) is 44.8 Å². The van der Waals surface area contributed by atoms with Crippen molar-refractivity contribution >= 4 is 15.9 Å². The molecule has 1 heterocycles. The number of aryl methyl sites for hydroxylation is 1. The molecule has 0 N–H and O–H groups in total. The lowest BCUT2D eigenvalue weighted by molar-refractivity contribution is 0.718. The summed E-state index contributed by atoms with van der Waals surface area (Å²) in [6, 6.07) is 3.61. The number of allylic oxidation sites excluding steroid dienone is 1. The lowest BCUT2D eigenvalue weighted by Gasteiger charge is -2.10. The first-order chi connectivity index (χ1) is 6.68. The van der Waals surface area contributed by atoms with Gasteiger partial charge in [-0.2, -0.15) is 0 Å². The third-order valence-electron chi connectivity index (χ3n) is 2.58. The maximum Gasteiger partial charge on any atom is 0.251 e. The van der Waals surface area contributed by atoms with Gasteiger partial charge in [0.1, 0.15) is 0 Å². The number of pyridine rings is 1. The molecule has 0 spiro atoms. The molecule has 2 rings (SSSR count). The minimum absolute atomic E-state index is 0.0752. The van der Waals surface area contributed by atoms with Gasteiger partial charge in [0.15, 0.2) is 0 Å². The molecule has 14 heavy (non-hydrogen) atoms. The van der Waals surface area contributed by atoms with Gasteiger partial charge in [-0.15, -0.1) is 0 Å². The Hall–Kier alpha value is -0.830. The topological polar surface area (TPSA) is 22.0 Å². The van der Waals surface area contributed by atoms with Crippen LogP contribution in [0.5, 0.6) is 0 Å². The van der Waals surface area contributed by atoms with Crippen LogP contribution in [0.4, 0.5) is 0 Å². The van der Waals surface area contributed by atoms with Gasteiger partial charge in [0.25, 0.3) is 5.56 Å². The average molecular weight is 254 g/mol. The molecule has 0 unspecified atom stereocenters. The molecule has 0 saturated heterocycles. The first-order valence-electron chi connectivity index (χ1n) is 4.73. The minimum Gasteiger partial charge on any atom is -0.307 e. The normalized spacial score (nSPS) is 14.1. The van der Waals surface area contributed by atoms with Crippen molar-refractivity contribution in [1.29, 1.82) is 0 Å².